The van der Waals surface area contributed by atoms with E-state index >= 15 is 0 Å². The molecule has 0 rings (SSSR count). The van der Waals surface area contributed by atoms with Crippen LogP contribution in [0.15, 0.2) is 0 Å². The average Bonchev–Trinajstić information content (AvgIpc) is 2.11. The van der Waals surface area contributed by atoms with Crippen LogP contribution >= 0.6 is 0 Å². The van der Waals surface area contributed by atoms with Crippen molar-refractivity contribution >= 4 is 0 Å². The van der Waals surface area contributed by atoms with Gasteiger partial charge in [-0.15, -0.1) is 0 Å². The van der Waals surface area contributed by atoms with Gasteiger partial charge in [-0.1, -0.05) is 20.8 Å². The van der Waals surface area contributed by atoms with Gasteiger partial charge in [0.2, 0.25) is 0 Å². The summed E-state index contributed by atoms with van der Waals surface area (Å²) in [6.45, 7) is 7.76. The Morgan fingerprint density at radius 2 is 1.47 bits per heavy atom. The zero-order valence-electron chi connectivity index (χ0n) is 10.2. The predicted molar refractivity (Wildman–Crippen MR) is 62.0 cm³/mol. The molecule has 92 valence electrons. The summed E-state index contributed by atoms with van der Waals surface area (Å²) < 4.78 is 0. The molecule has 5 unspecified atom stereocenters. The topological polar surface area (TPSA) is 92.5 Å². The number of hydrogen-bond donors (Lipinski definition) is 4. The van der Waals surface area contributed by atoms with Crippen molar-refractivity contribution in [2.75, 3.05) is 0 Å². The minimum absolute atomic E-state index is 0.00778. The number of aliphatic hydroxyl groups excluding tert-OH is 2. The predicted octanol–water partition coefficient (Wildman–Crippen LogP) is 0.270. The fourth-order valence-corrected chi connectivity index (χ4v) is 1.89. The lowest BCUT2D eigenvalue weighted by Gasteiger charge is -2.30. The molecule has 0 amide bonds. The van der Waals surface area contributed by atoms with Crippen LogP contribution in [-0.2, 0) is 0 Å². The Morgan fingerprint density at radius 1 is 1.00 bits per heavy atom. The maximum Gasteiger partial charge on any atom is 0.105 e. The van der Waals surface area contributed by atoms with Crippen LogP contribution < -0.4 is 11.5 Å². The first-order valence-corrected chi connectivity index (χ1v) is 5.64. The zero-order chi connectivity index (χ0) is 12.2. The molecule has 0 fully saturated rings. The number of hydrogen-bond acceptors (Lipinski definition) is 4. The van der Waals surface area contributed by atoms with Crippen LogP contribution in [0.25, 0.3) is 0 Å². The molecule has 0 aliphatic heterocycles. The lowest BCUT2D eigenvalue weighted by atomic mass is 9.82. The van der Waals surface area contributed by atoms with Crippen LogP contribution in [0.2, 0.25) is 0 Å². The summed E-state index contributed by atoms with van der Waals surface area (Å²) in [6, 6.07) is -0.247. The summed E-state index contributed by atoms with van der Waals surface area (Å²) in [6.07, 6.45) is -0.671. The molecule has 0 heterocycles. The maximum absolute atomic E-state index is 9.76. The molecule has 4 nitrogen and oxygen atoms in total. The molecule has 0 bridgehead atoms. The van der Waals surface area contributed by atoms with E-state index in [1.54, 1.807) is 6.92 Å². The quantitative estimate of drug-likeness (QED) is 0.481. The SMILES string of the molecule is CC(C)C(CC(C)C(O)C(C)N)C(N)O. The minimum Gasteiger partial charge on any atom is -0.391 e. The smallest absolute Gasteiger partial charge is 0.105 e. The van der Waals surface area contributed by atoms with Crippen molar-refractivity contribution < 1.29 is 10.2 Å². The Balaban J connectivity index is 4.29. The highest BCUT2D eigenvalue weighted by molar-refractivity contribution is 4.78. The lowest BCUT2D eigenvalue weighted by Crippen LogP contribution is -2.40. The van der Waals surface area contributed by atoms with Crippen molar-refractivity contribution in [2.45, 2.75) is 52.5 Å². The van der Waals surface area contributed by atoms with Gasteiger partial charge in [0.25, 0.3) is 0 Å². The highest BCUT2D eigenvalue weighted by Crippen LogP contribution is 2.24. The summed E-state index contributed by atoms with van der Waals surface area (Å²) in [7, 11) is 0. The Morgan fingerprint density at radius 3 is 1.73 bits per heavy atom. The van der Waals surface area contributed by atoms with E-state index in [-0.39, 0.29) is 17.9 Å². The van der Waals surface area contributed by atoms with E-state index in [0.29, 0.717) is 12.3 Å². The van der Waals surface area contributed by atoms with Crippen LogP contribution in [-0.4, -0.2) is 28.6 Å². The van der Waals surface area contributed by atoms with Gasteiger partial charge in [-0.25, -0.2) is 0 Å². The van der Waals surface area contributed by atoms with Crippen molar-refractivity contribution in [3.8, 4) is 0 Å². The molecule has 0 aromatic carbocycles. The van der Waals surface area contributed by atoms with Gasteiger partial charge < -0.3 is 21.7 Å². The van der Waals surface area contributed by atoms with Crippen molar-refractivity contribution in [1.82, 2.24) is 0 Å². The number of nitrogens with two attached hydrogens (primary N) is 2. The third-order valence-electron chi connectivity index (χ3n) is 3.06. The lowest BCUT2D eigenvalue weighted by molar-refractivity contribution is 0.0343. The van der Waals surface area contributed by atoms with E-state index in [1.807, 2.05) is 20.8 Å². The molecule has 6 N–H and O–H groups in total. The molecule has 5 atom stereocenters. The van der Waals surface area contributed by atoms with E-state index in [2.05, 4.69) is 0 Å². The first-order chi connectivity index (χ1) is 6.77. The van der Waals surface area contributed by atoms with Crippen molar-refractivity contribution in [3.05, 3.63) is 0 Å². The molecule has 4 heteroatoms. The molecule has 0 aromatic rings. The van der Waals surface area contributed by atoms with Crippen LogP contribution in [0.4, 0.5) is 0 Å². The van der Waals surface area contributed by atoms with Gasteiger partial charge in [0.15, 0.2) is 0 Å². The largest absolute Gasteiger partial charge is 0.391 e. The molecule has 0 radical (unpaired) electrons. The monoisotopic (exact) mass is 218 g/mol. The molecule has 0 saturated heterocycles. The van der Waals surface area contributed by atoms with Gasteiger partial charge >= 0.3 is 0 Å². The molecular formula is C11H26N2O2. The molecule has 0 spiro atoms. The second kappa shape index (κ2) is 6.43. The molecule has 0 aromatic heterocycles. The molecule has 0 aliphatic carbocycles. The normalized spacial score (nSPS) is 22.2. The van der Waals surface area contributed by atoms with Crippen molar-refractivity contribution in [1.29, 1.82) is 0 Å². The summed E-state index contributed by atoms with van der Waals surface area (Å²) in [4.78, 5) is 0. The van der Waals surface area contributed by atoms with Gasteiger partial charge in [-0.2, -0.15) is 0 Å². The zero-order valence-corrected chi connectivity index (χ0v) is 10.2. The Kier molecular flexibility index (Phi) is 6.36. The Bertz CT molecular complexity index is 164. The second-order valence-corrected chi connectivity index (χ2v) is 4.96. The highest BCUT2D eigenvalue weighted by Gasteiger charge is 2.26. The fourth-order valence-electron chi connectivity index (χ4n) is 1.89. The minimum atomic E-state index is -0.826. The molecule has 15 heavy (non-hydrogen) atoms. The van der Waals surface area contributed by atoms with Gasteiger partial charge in [0.1, 0.15) is 6.23 Å². The van der Waals surface area contributed by atoms with Gasteiger partial charge in [-0.3, -0.25) is 0 Å². The summed E-state index contributed by atoms with van der Waals surface area (Å²) in [5.41, 5.74) is 11.1. The van der Waals surface area contributed by atoms with E-state index < -0.39 is 12.3 Å². The first kappa shape index (κ1) is 14.8. The van der Waals surface area contributed by atoms with Crippen LogP contribution in [0.5, 0.6) is 0 Å². The third-order valence-corrected chi connectivity index (χ3v) is 3.06. The van der Waals surface area contributed by atoms with Gasteiger partial charge in [0, 0.05) is 12.0 Å². The van der Waals surface area contributed by atoms with Crippen molar-refractivity contribution in [2.24, 2.45) is 29.2 Å². The van der Waals surface area contributed by atoms with Crippen molar-refractivity contribution in [3.63, 3.8) is 0 Å². The van der Waals surface area contributed by atoms with E-state index in [0.717, 1.165) is 0 Å². The van der Waals surface area contributed by atoms with Gasteiger partial charge in [0.05, 0.1) is 6.10 Å². The first-order valence-electron chi connectivity index (χ1n) is 5.64. The highest BCUT2D eigenvalue weighted by atomic mass is 16.3. The third kappa shape index (κ3) is 4.93. The van der Waals surface area contributed by atoms with E-state index in [4.69, 9.17) is 11.5 Å². The van der Waals surface area contributed by atoms with Crippen LogP contribution in [0, 0.1) is 17.8 Å². The number of rotatable bonds is 6. The van der Waals surface area contributed by atoms with E-state index in [9.17, 15) is 10.2 Å². The number of aliphatic hydroxyl groups is 2. The van der Waals surface area contributed by atoms with Gasteiger partial charge in [-0.05, 0) is 25.2 Å². The van der Waals surface area contributed by atoms with E-state index in [1.165, 1.54) is 0 Å². The maximum atomic E-state index is 9.76. The second-order valence-electron chi connectivity index (χ2n) is 4.96. The molecule has 0 saturated carbocycles. The van der Waals surface area contributed by atoms with Crippen LogP contribution in [0.3, 0.4) is 0 Å². The fraction of sp³-hybridized carbons (Fsp3) is 1.00. The Hall–Kier alpha value is -0.160. The molecular weight excluding hydrogens is 192 g/mol. The summed E-state index contributed by atoms with van der Waals surface area (Å²) in [5.74, 6) is 0.358. The molecule has 0 aliphatic rings. The average molecular weight is 218 g/mol. The Labute approximate surface area is 92.7 Å². The standard InChI is InChI=1S/C11H26N2O2/c1-6(2)9(11(13)15)5-7(3)10(14)8(4)12/h6-11,14-15H,5,12-13H2,1-4H3. The summed E-state index contributed by atoms with van der Waals surface area (Å²) in [5, 5.41) is 19.2. The summed E-state index contributed by atoms with van der Waals surface area (Å²) >= 11 is 0. The van der Waals surface area contributed by atoms with Crippen LogP contribution in [0.1, 0.15) is 34.1 Å².